The Morgan fingerprint density at radius 1 is 1.04 bits per heavy atom. The maximum atomic E-state index is 9.57. The lowest BCUT2D eigenvalue weighted by Crippen LogP contribution is -2.20. The summed E-state index contributed by atoms with van der Waals surface area (Å²) < 4.78 is 0. The minimum absolute atomic E-state index is 0.0887. The average Bonchev–Trinajstić information content (AvgIpc) is 2.54. The molecule has 0 unspecified atom stereocenters. The summed E-state index contributed by atoms with van der Waals surface area (Å²) >= 11 is 6.02. The van der Waals surface area contributed by atoms with E-state index in [4.69, 9.17) is 11.6 Å². The number of phenols is 2. The van der Waals surface area contributed by atoms with Gasteiger partial charge in [0, 0.05) is 35.9 Å². The van der Waals surface area contributed by atoms with E-state index in [1.54, 1.807) is 12.3 Å². The SMILES string of the molecule is CN(CCc1ccc(O)c(O)c1)c1ccnc2cc(Cl)ccc12. The lowest BCUT2D eigenvalue weighted by molar-refractivity contribution is 0.403. The van der Waals surface area contributed by atoms with Gasteiger partial charge in [-0.05, 0) is 48.4 Å². The lowest BCUT2D eigenvalue weighted by atomic mass is 10.1. The molecule has 23 heavy (non-hydrogen) atoms. The van der Waals surface area contributed by atoms with E-state index in [1.165, 1.54) is 6.07 Å². The summed E-state index contributed by atoms with van der Waals surface area (Å²) in [5.74, 6) is -0.187. The molecule has 0 aliphatic rings. The van der Waals surface area contributed by atoms with Crippen LogP contribution in [0.25, 0.3) is 10.9 Å². The Balaban J connectivity index is 1.80. The zero-order chi connectivity index (χ0) is 16.4. The number of benzene rings is 2. The molecular weight excluding hydrogens is 312 g/mol. The van der Waals surface area contributed by atoms with Gasteiger partial charge in [-0.3, -0.25) is 4.98 Å². The van der Waals surface area contributed by atoms with E-state index in [1.807, 2.05) is 37.4 Å². The molecule has 3 rings (SSSR count). The zero-order valence-corrected chi connectivity index (χ0v) is 13.5. The van der Waals surface area contributed by atoms with Crippen LogP contribution in [0.15, 0.2) is 48.7 Å². The number of aromatic nitrogens is 1. The van der Waals surface area contributed by atoms with Crippen molar-refractivity contribution in [1.29, 1.82) is 0 Å². The first-order chi connectivity index (χ1) is 11.0. The summed E-state index contributed by atoms with van der Waals surface area (Å²) in [5, 5.41) is 20.6. The third kappa shape index (κ3) is 3.32. The van der Waals surface area contributed by atoms with Gasteiger partial charge < -0.3 is 15.1 Å². The van der Waals surface area contributed by atoms with Crippen molar-refractivity contribution in [2.75, 3.05) is 18.5 Å². The van der Waals surface area contributed by atoms with Crippen LogP contribution in [0.3, 0.4) is 0 Å². The van der Waals surface area contributed by atoms with Crippen molar-refractivity contribution in [3.05, 3.63) is 59.2 Å². The van der Waals surface area contributed by atoms with Crippen LogP contribution < -0.4 is 4.90 Å². The molecule has 3 aromatic rings. The number of rotatable bonds is 4. The predicted molar refractivity (Wildman–Crippen MR) is 93.5 cm³/mol. The van der Waals surface area contributed by atoms with Crippen LogP contribution in [0.2, 0.25) is 5.02 Å². The number of aromatic hydroxyl groups is 2. The van der Waals surface area contributed by atoms with Crippen molar-refractivity contribution in [3.63, 3.8) is 0 Å². The molecular formula is C18H17ClN2O2. The Kier molecular flexibility index (Phi) is 4.26. The number of hydrogen-bond donors (Lipinski definition) is 2. The molecule has 0 spiro atoms. The second-order valence-electron chi connectivity index (χ2n) is 5.49. The second-order valence-corrected chi connectivity index (χ2v) is 5.92. The number of anilines is 1. The molecule has 1 aromatic heterocycles. The van der Waals surface area contributed by atoms with Gasteiger partial charge in [0.25, 0.3) is 0 Å². The Morgan fingerprint density at radius 3 is 2.65 bits per heavy atom. The van der Waals surface area contributed by atoms with Gasteiger partial charge in [-0.25, -0.2) is 0 Å². The van der Waals surface area contributed by atoms with Gasteiger partial charge in [0.2, 0.25) is 0 Å². The van der Waals surface area contributed by atoms with Gasteiger partial charge in [0.05, 0.1) is 5.52 Å². The highest BCUT2D eigenvalue weighted by atomic mass is 35.5. The summed E-state index contributed by atoms with van der Waals surface area (Å²) in [7, 11) is 2.02. The quantitative estimate of drug-likeness (QED) is 0.711. The van der Waals surface area contributed by atoms with E-state index >= 15 is 0 Å². The molecule has 2 aromatic carbocycles. The molecule has 0 fully saturated rings. The number of likely N-dealkylation sites (N-methyl/N-ethyl adjacent to an activating group) is 1. The summed E-state index contributed by atoms with van der Waals surface area (Å²) in [6.45, 7) is 0.770. The van der Waals surface area contributed by atoms with Crippen molar-refractivity contribution in [1.82, 2.24) is 4.98 Å². The van der Waals surface area contributed by atoms with Crippen LogP contribution in [0.4, 0.5) is 5.69 Å². The summed E-state index contributed by atoms with van der Waals surface area (Å²) in [6.07, 6.45) is 2.53. The molecule has 0 saturated heterocycles. The fraction of sp³-hybridized carbons (Fsp3) is 0.167. The second kappa shape index (κ2) is 6.34. The van der Waals surface area contributed by atoms with Crippen LogP contribution in [0.1, 0.15) is 5.56 Å². The van der Waals surface area contributed by atoms with Crippen LogP contribution in [0.5, 0.6) is 11.5 Å². The fourth-order valence-corrected chi connectivity index (χ4v) is 2.75. The molecule has 0 bridgehead atoms. The van der Waals surface area contributed by atoms with Crippen LogP contribution in [0, 0.1) is 0 Å². The highest BCUT2D eigenvalue weighted by Crippen LogP contribution is 2.28. The van der Waals surface area contributed by atoms with Crippen LogP contribution in [-0.4, -0.2) is 28.8 Å². The van der Waals surface area contributed by atoms with Crippen molar-refractivity contribution in [2.45, 2.75) is 6.42 Å². The number of phenolic OH excluding ortho intramolecular Hbond substituents is 2. The molecule has 4 nitrogen and oxygen atoms in total. The average molecular weight is 329 g/mol. The molecule has 5 heteroatoms. The normalized spacial score (nSPS) is 10.9. The Hall–Kier alpha value is -2.46. The molecule has 0 aliphatic carbocycles. The van der Waals surface area contributed by atoms with Gasteiger partial charge in [-0.1, -0.05) is 17.7 Å². The first-order valence-corrected chi connectivity index (χ1v) is 7.68. The number of halogens is 1. The first kappa shape index (κ1) is 15.4. The highest BCUT2D eigenvalue weighted by Gasteiger charge is 2.08. The number of nitrogens with zero attached hydrogens (tertiary/aromatic N) is 2. The van der Waals surface area contributed by atoms with E-state index in [0.29, 0.717) is 5.02 Å². The standard InChI is InChI=1S/C18H17ClN2O2/c1-21(9-7-12-2-5-17(22)18(23)10-12)16-6-8-20-15-11-13(19)3-4-14(15)16/h2-6,8,10-11,22-23H,7,9H2,1H3. The Bertz CT molecular complexity index is 852. The number of pyridine rings is 1. The van der Waals surface area contributed by atoms with Crippen molar-refractivity contribution in [3.8, 4) is 11.5 Å². The molecule has 0 atom stereocenters. The topological polar surface area (TPSA) is 56.6 Å². The van der Waals surface area contributed by atoms with Crippen molar-refractivity contribution < 1.29 is 10.2 Å². The van der Waals surface area contributed by atoms with Crippen LogP contribution >= 0.6 is 11.6 Å². The van der Waals surface area contributed by atoms with E-state index in [9.17, 15) is 10.2 Å². The minimum Gasteiger partial charge on any atom is -0.504 e. The molecule has 118 valence electrons. The van der Waals surface area contributed by atoms with E-state index in [0.717, 1.165) is 35.1 Å². The molecule has 1 heterocycles. The third-order valence-corrected chi connectivity index (χ3v) is 4.10. The minimum atomic E-state index is -0.0980. The van der Waals surface area contributed by atoms with Gasteiger partial charge in [0.1, 0.15) is 0 Å². The smallest absolute Gasteiger partial charge is 0.157 e. The van der Waals surface area contributed by atoms with Crippen molar-refractivity contribution >= 4 is 28.2 Å². The Labute approximate surface area is 139 Å². The molecule has 0 radical (unpaired) electrons. The molecule has 0 amide bonds. The van der Waals surface area contributed by atoms with Gasteiger partial charge in [-0.15, -0.1) is 0 Å². The van der Waals surface area contributed by atoms with Gasteiger partial charge >= 0.3 is 0 Å². The maximum Gasteiger partial charge on any atom is 0.157 e. The monoisotopic (exact) mass is 328 g/mol. The van der Waals surface area contributed by atoms with E-state index < -0.39 is 0 Å². The summed E-state index contributed by atoms with van der Waals surface area (Å²) in [6, 6.07) is 12.6. The number of fused-ring (bicyclic) bond motifs is 1. The maximum absolute atomic E-state index is 9.57. The van der Waals surface area contributed by atoms with Gasteiger partial charge in [-0.2, -0.15) is 0 Å². The van der Waals surface area contributed by atoms with Crippen molar-refractivity contribution in [2.24, 2.45) is 0 Å². The van der Waals surface area contributed by atoms with Gasteiger partial charge in [0.15, 0.2) is 11.5 Å². The molecule has 0 saturated carbocycles. The predicted octanol–water partition coefficient (Wildman–Crippen LogP) is 3.98. The largest absolute Gasteiger partial charge is 0.504 e. The van der Waals surface area contributed by atoms with Crippen LogP contribution in [-0.2, 0) is 6.42 Å². The Morgan fingerprint density at radius 2 is 1.87 bits per heavy atom. The summed E-state index contributed by atoms with van der Waals surface area (Å²) in [4.78, 5) is 6.49. The zero-order valence-electron chi connectivity index (χ0n) is 12.7. The fourth-order valence-electron chi connectivity index (χ4n) is 2.58. The number of hydrogen-bond acceptors (Lipinski definition) is 4. The first-order valence-electron chi connectivity index (χ1n) is 7.31. The molecule has 0 aliphatic heterocycles. The van der Waals surface area contributed by atoms with E-state index in [2.05, 4.69) is 9.88 Å². The highest BCUT2D eigenvalue weighted by molar-refractivity contribution is 6.31. The third-order valence-electron chi connectivity index (χ3n) is 3.87. The molecule has 2 N–H and O–H groups in total. The lowest BCUT2D eigenvalue weighted by Gasteiger charge is -2.21. The van der Waals surface area contributed by atoms with E-state index in [-0.39, 0.29) is 11.5 Å². The summed E-state index contributed by atoms with van der Waals surface area (Å²) in [5.41, 5.74) is 2.91.